The Morgan fingerprint density at radius 1 is 0.549 bits per heavy atom. The van der Waals surface area contributed by atoms with E-state index in [0.29, 0.717) is 17.3 Å². The van der Waals surface area contributed by atoms with Crippen LogP contribution in [0.4, 0.5) is 5.82 Å². The fourth-order valence-electron chi connectivity index (χ4n) is 6.95. The number of aromatic nitrogens is 1. The molecule has 6 heteroatoms. The van der Waals surface area contributed by atoms with Crippen molar-refractivity contribution in [2.24, 2.45) is 0 Å². The Kier molecular flexibility index (Phi) is 7.90. The molecule has 1 N–H and O–H groups in total. The zero-order chi connectivity index (χ0) is 35.5. The lowest BCUT2D eigenvalue weighted by atomic mass is 9.84. The molecule has 1 aliphatic rings. The van der Waals surface area contributed by atoms with Gasteiger partial charge >= 0.3 is 8.09 Å². The molecule has 1 aromatic heterocycles. The predicted octanol–water partition coefficient (Wildman–Crippen LogP) is 11.9. The van der Waals surface area contributed by atoms with Crippen molar-refractivity contribution in [2.75, 3.05) is 5.09 Å². The lowest BCUT2D eigenvalue weighted by Crippen LogP contribution is -2.28. The molecular weight excluding hydrogens is 647 g/mol. The second kappa shape index (κ2) is 12.2. The Morgan fingerprint density at radius 3 is 1.39 bits per heavy atom. The number of anilines is 1. The highest BCUT2D eigenvalue weighted by atomic mass is 31.2. The van der Waals surface area contributed by atoms with Crippen LogP contribution in [0, 0.1) is 0 Å². The summed E-state index contributed by atoms with van der Waals surface area (Å²) in [5, 5.41) is 7.12. The summed E-state index contributed by atoms with van der Waals surface area (Å²) >= 11 is 0. The minimum absolute atomic E-state index is 0.00912. The molecule has 0 bridgehead atoms. The number of hydrogen-bond acceptors (Lipinski definition) is 5. The Hall–Kier alpha value is -5.22. The monoisotopic (exact) mass is 688 g/mol. The summed E-state index contributed by atoms with van der Waals surface area (Å²) in [4.78, 5) is 19.8. The number of nitrogens with zero attached hydrogens (tertiary/aromatic N) is 1. The third kappa shape index (κ3) is 6.11. The largest absolute Gasteiger partial charge is 0.597 e. The van der Waals surface area contributed by atoms with Gasteiger partial charge in [0.25, 0.3) is 0 Å². The van der Waals surface area contributed by atoms with Crippen molar-refractivity contribution in [3.05, 3.63) is 145 Å². The van der Waals surface area contributed by atoms with Crippen molar-refractivity contribution in [1.82, 2.24) is 4.98 Å². The smallest absolute Gasteiger partial charge is 0.433 e. The first-order chi connectivity index (χ1) is 24.4. The van der Waals surface area contributed by atoms with Crippen LogP contribution in [-0.2, 0) is 10.8 Å². The van der Waals surface area contributed by atoms with Crippen LogP contribution >= 0.6 is 8.09 Å². The molecule has 7 aromatic rings. The van der Waals surface area contributed by atoms with Gasteiger partial charge in [0, 0.05) is 28.5 Å². The van der Waals surface area contributed by atoms with Crippen molar-refractivity contribution in [2.45, 2.75) is 52.4 Å². The number of fused-ring (bicyclic) bond motifs is 7. The highest BCUT2D eigenvalue weighted by Crippen LogP contribution is 2.64. The molecule has 51 heavy (non-hydrogen) atoms. The van der Waals surface area contributed by atoms with E-state index in [1.807, 2.05) is 24.3 Å². The van der Waals surface area contributed by atoms with Crippen LogP contribution < -0.4 is 19.0 Å². The second-order valence-electron chi connectivity index (χ2n) is 15.4. The normalized spacial score (nSPS) is 13.9. The molecule has 0 atom stereocenters. The lowest BCUT2D eigenvalue weighted by molar-refractivity contribution is -0.200. The van der Waals surface area contributed by atoms with E-state index in [2.05, 4.69) is 149 Å². The van der Waals surface area contributed by atoms with E-state index in [9.17, 15) is 0 Å². The zero-order valence-corrected chi connectivity index (χ0v) is 30.7. The van der Waals surface area contributed by atoms with Gasteiger partial charge < -0.3 is 4.89 Å². The first kappa shape index (κ1) is 33.0. The highest BCUT2D eigenvalue weighted by molar-refractivity contribution is 7.61. The molecule has 0 radical (unpaired) electrons. The number of benzene rings is 6. The van der Waals surface area contributed by atoms with Gasteiger partial charge in [-0.3, -0.25) is 9.05 Å². The van der Waals surface area contributed by atoms with Crippen molar-refractivity contribution in [3.63, 3.8) is 0 Å². The summed E-state index contributed by atoms with van der Waals surface area (Å²) in [6, 6.07) is 43.5. The first-order valence-corrected chi connectivity index (χ1v) is 18.9. The van der Waals surface area contributed by atoms with Crippen LogP contribution in [0.3, 0.4) is 0 Å². The van der Waals surface area contributed by atoms with Crippen LogP contribution in [0.15, 0.2) is 134 Å². The van der Waals surface area contributed by atoms with Crippen molar-refractivity contribution < 1.29 is 13.9 Å². The van der Waals surface area contributed by atoms with E-state index in [4.69, 9.17) is 9.05 Å². The molecule has 0 spiro atoms. The minimum atomic E-state index is -4.18. The predicted molar refractivity (Wildman–Crippen MR) is 211 cm³/mol. The third-order valence-corrected chi connectivity index (χ3v) is 11.1. The maximum atomic E-state index is 15.4. The zero-order valence-electron chi connectivity index (χ0n) is 29.8. The van der Waals surface area contributed by atoms with Gasteiger partial charge in [-0.2, -0.15) is 5.09 Å². The maximum absolute atomic E-state index is 15.4. The van der Waals surface area contributed by atoms with E-state index in [1.165, 1.54) is 11.1 Å². The van der Waals surface area contributed by atoms with Gasteiger partial charge in [-0.25, -0.2) is 4.98 Å². The molecule has 0 aliphatic carbocycles. The standard InChI is InChI=1S/C45H41N2O3P/c1-44(2,3)33-22-18-29(19-23-33)37-27-31-13-7-9-15-35(31)40-41-36-16-10-8-14-32(36)28-38(30-20-24-34(25-21-30)45(4,5)6)43(41)50-51(48,49-42(37)40)47-39-17-11-12-26-46-39/h7-28H,1-6H3,(H,46,47,48). The van der Waals surface area contributed by atoms with Crippen molar-refractivity contribution in [1.29, 1.82) is 0 Å². The molecular formula is C45H41N2O3P. The quantitative estimate of drug-likeness (QED) is 0.186. The molecule has 0 amide bonds. The van der Waals surface area contributed by atoms with Crippen molar-refractivity contribution in [3.8, 4) is 44.9 Å². The topological polar surface area (TPSA) is 66.4 Å². The molecule has 2 heterocycles. The Balaban J connectivity index is 1.48. The van der Waals surface area contributed by atoms with E-state index in [0.717, 1.165) is 54.9 Å². The lowest BCUT2D eigenvalue weighted by Gasteiger charge is -2.27. The van der Waals surface area contributed by atoms with Gasteiger partial charge in [0.2, 0.25) is 0 Å². The number of rotatable bonds is 4. The van der Waals surface area contributed by atoms with Gasteiger partial charge in [-0.1, -0.05) is 145 Å². The molecule has 0 fully saturated rings. The van der Waals surface area contributed by atoms with Crippen LogP contribution in [0.1, 0.15) is 52.7 Å². The highest BCUT2D eigenvalue weighted by Gasteiger charge is 2.43. The third-order valence-electron chi connectivity index (χ3n) is 9.72. The van der Waals surface area contributed by atoms with Crippen molar-refractivity contribution >= 4 is 35.5 Å². The SMILES string of the molecule is CC(C)(C)c1ccc(-c2cc3ccccc3c3c2O[P+]([O-])(Nc2ccccn2)Oc2c(-c4ccc(C(C)(C)C)cc4)cc4ccccc4c2-3)cc1. The fraction of sp³-hybridized carbons (Fsp3) is 0.178. The maximum Gasteiger partial charge on any atom is 0.433 e. The second-order valence-corrected chi connectivity index (χ2v) is 16.9. The molecule has 0 saturated carbocycles. The Labute approximate surface area is 300 Å². The summed E-state index contributed by atoms with van der Waals surface area (Å²) in [7, 11) is -4.18. The molecule has 0 saturated heterocycles. The first-order valence-electron chi connectivity index (χ1n) is 17.4. The average Bonchev–Trinajstić information content (AvgIpc) is 3.25. The van der Waals surface area contributed by atoms with E-state index in [1.54, 1.807) is 12.3 Å². The molecule has 254 valence electrons. The summed E-state index contributed by atoms with van der Waals surface area (Å²) in [6.45, 7) is 13.3. The number of nitrogens with one attached hydrogen (secondary N) is 1. The Bertz CT molecular complexity index is 2260. The van der Waals surface area contributed by atoms with Crippen LogP contribution in [-0.4, -0.2) is 4.98 Å². The van der Waals surface area contributed by atoms with E-state index in [-0.39, 0.29) is 10.8 Å². The fourth-order valence-corrected chi connectivity index (χ4v) is 8.35. The summed E-state index contributed by atoms with van der Waals surface area (Å²) in [6.07, 6.45) is 1.65. The minimum Gasteiger partial charge on any atom is -0.597 e. The van der Waals surface area contributed by atoms with Crippen LogP contribution in [0.5, 0.6) is 11.5 Å². The molecule has 8 rings (SSSR count). The summed E-state index contributed by atoms with van der Waals surface area (Å²) in [5.74, 6) is 1.38. The van der Waals surface area contributed by atoms with E-state index < -0.39 is 8.09 Å². The van der Waals surface area contributed by atoms with Gasteiger partial charge in [0.1, 0.15) is 0 Å². The van der Waals surface area contributed by atoms with Crippen LogP contribution in [0.25, 0.3) is 54.9 Å². The van der Waals surface area contributed by atoms with Gasteiger partial charge in [-0.15, -0.1) is 0 Å². The van der Waals surface area contributed by atoms with Gasteiger partial charge in [0.15, 0.2) is 17.3 Å². The molecule has 1 aliphatic heterocycles. The van der Waals surface area contributed by atoms with Crippen LogP contribution in [0.2, 0.25) is 0 Å². The molecule has 6 aromatic carbocycles. The summed E-state index contributed by atoms with van der Waals surface area (Å²) < 4.78 is 13.6. The van der Waals surface area contributed by atoms with E-state index >= 15 is 4.89 Å². The Morgan fingerprint density at radius 2 is 0.980 bits per heavy atom. The average molecular weight is 689 g/mol. The van der Waals surface area contributed by atoms with Gasteiger partial charge in [0.05, 0.1) is 0 Å². The number of hydrogen-bond donors (Lipinski definition) is 1. The van der Waals surface area contributed by atoms with Gasteiger partial charge in [-0.05, 0) is 78.9 Å². The number of pyridine rings is 1. The summed E-state index contributed by atoms with van der Waals surface area (Å²) in [5.41, 5.74) is 7.67. The molecule has 5 nitrogen and oxygen atoms in total. The molecule has 0 unspecified atom stereocenters.